The zero-order valence-electron chi connectivity index (χ0n) is 21.8. The number of likely N-dealkylation sites (tertiary alicyclic amines) is 1. The van der Waals surface area contributed by atoms with Gasteiger partial charge in [-0.25, -0.2) is 5.01 Å². The molecule has 0 saturated carbocycles. The lowest BCUT2D eigenvalue weighted by Crippen LogP contribution is -2.62. The van der Waals surface area contributed by atoms with Gasteiger partial charge in [-0.1, -0.05) is 30.3 Å². The molecule has 1 saturated heterocycles. The summed E-state index contributed by atoms with van der Waals surface area (Å²) in [4.78, 5) is 41.6. The summed E-state index contributed by atoms with van der Waals surface area (Å²) in [6.07, 6.45) is 0.850. The lowest BCUT2D eigenvalue weighted by atomic mass is 9.73. The second-order valence-corrected chi connectivity index (χ2v) is 10.3. The summed E-state index contributed by atoms with van der Waals surface area (Å²) in [5.74, 6) is -0.588. The molecule has 4 rings (SSSR count). The average molecular weight is 517 g/mol. The number of nitrogens with one attached hydrogen (secondary N) is 1. The van der Waals surface area contributed by atoms with E-state index >= 15 is 0 Å². The molecule has 2 unspecified atom stereocenters. The molecule has 38 heavy (non-hydrogen) atoms. The summed E-state index contributed by atoms with van der Waals surface area (Å²) in [5, 5.41) is 17.6. The molecule has 2 heterocycles. The van der Waals surface area contributed by atoms with Crippen LogP contribution in [0.2, 0.25) is 0 Å². The van der Waals surface area contributed by atoms with Gasteiger partial charge in [0.2, 0.25) is 11.8 Å². The maximum Gasteiger partial charge on any atom is 0.256 e. The Hall–Kier alpha value is -4.23. The Morgan fingerprint density at radius 1 is 1.21 bits per heavy atom. The van der Waals surface area contributed by atoms with E-state index < -0.39 is 22.9 Å². The number of amides is 3. The molecule has 1 fully saturated rings. The lowest BCUT2D eigenvalue weighted by Gasteiger charge is -2.40. The Morgan fingerprint density at radius 2 is 1.89 bits per heavy atom. The largest absolute Gasteiger partial charge is 0.491 e. The van der Waals surface area contributed by atoms with Crippen LogP contribution in [0.5, 0.6) is 5.75 Å². The van der Waals surface area contributed by atoms with Gasteiger partial charge in [0.25, 0.3) is 5.91 Å². The molecule has 0 radical (unpaired) electrons. The van der Waals surface area contributed by atoms with Gasteiger partial charge in [0, 0.05) is 26.6 Å². The fourth-order valence-corrected chi connectivity index (χ4v) is 4.76. The van der Waals surface area contributed by atoms with Crippen LogP contribution < -0.4 is 15.8 Å². The summed E-state index contributed by atoms with van der Waals surface area (Å²) >= 11 is 0. The minimum atomic E-state index is -1.21. The zero-order chi connectivity index (χ0) is 27.5. The maximum absolute atomic E-state index is 13.8. The predicted molar refractivity (Wildman–Crippen MR) is 141 cm³/mol. The third-order valence-corrected chi connectivity index (χ3v) is 6.85. The number of nitrogens with two attached hydrogens (primary N) is 1. The van der Waals surface area contributed by atoms with E-state index in [-0.39, 0.29) is 25.0 Å². The zero-order valence-corrected chi connectivity index (χ0v) is 21.8. The number of nitriles is 1. The number of carbonyl (C=O) groups excluding carboxylic acids is 3. The Bertz CT molecular complexity index is 1280. The molecular formula is C28H32N6O4. The van der Waals surface area contributed by atoms with Crippen LogP contribution in [0, 0.1) is 16.7 Å². The number of hydrogen-bond donors (Lipinski definition) is 2. The first-order valence-corrected chi connectivity index (χ1v) is 12.4. The van der Waals surface area contributed by atoms with Gasteiger partial charge >= 0.3 is 0 Å². The number of hydrogen-bond acceptors (Lipinski definition) is 7. The van der Waals surface area contributed by atoms with E-state index in [2.05, 4.69) is 10.4 Å². The average Bonchev–Trinajstić information content (AvgIpc) is 3.15. The van der Waals surface area contributed by atoms with Crippen LogP contribution in [0.25, 0.3) is 0 Å². The number of piperidine rings is 1. The highest BCUT2D eigenvalue weighted by molar-refractivity contribution is 6.13. The van der Waals surface area contributed by atoms with Crippen molar-refractivity contribution in [1.29, 1.82) is 5.26 Å². The third-order valence-electron chi connectivity index (χ3n) is 6.85. The Balaban J connectivity index is 1.57. The summed E-state index contributed by atoms with van der Waals surface area (Å²) in [5.41, 5.74) is 6.00. The van der Waals surface area contributed by atoms with Crippen LogP contribution in [0.3, 0.4) is 0 Å². The first-order chi connectivity index (χ1) is 18.0. The molecule has 10 heteroatoms. The van der Waals surface area contributed by atoms with Crippen molar-refractivity contribution in [2.75, 3.05) is 26.7 Å². The van der Waals surface area contributed by atoms with Crippen LogP contribution in [0.15, 0.2) is 59.7 Å². The fourth-order valence-electron chi connectivity index (χ4n) is 4.76. The highest BCUT2D eigenvalue weighted by Crippen LogP contribution is 2.38. The monoisotopic (exact) mass is 516 g/mol. The van der Waals surface area contributed by atoms with E-state index in [9.17, 15) is 14.4 Å². The number of fused-ring (bicyclic) bond motifs is 1. The van der Waals surface area contributed by atoms with Crippen molar-refractivity contribution in [2.24, 2.45) is 16.3 Å². The van der Waals surface area contributed by atoms with E-state index in [1.54, 1.807) is 50.1 Å². The van der Waals surface area contributed by atoms with E-state index in [1.807, 2.05) is 36.4 Å². The topological polar surface area (TPSA) is 141 Å². The van der Waals surface area contributed by atoms with E-state index in [1.165, 1.54) is 5.01 Å². The molecule has 2 atom stereocenters. The Labute approximate surface area is 222 Å². The molecule has 198 valence electrons. The van der Waals surface area contributed by atoms with Crippen molar-refractivity contribution in [3.8, 4) is 11.8 Å². The molecule has 0 aromatic heterocycles. The number of benzene rings is 2. The van der Waals surface area contributed by atoms with Crippen molar-refractivity contribution < 1.29 is 19.1 Å². The molecular weight excluding hydrogens is 484 g/mol. The van der Waals surface area contributed by atoms with Gasteiger partial charge in [-0.2, -0.15) is 10.4 Å². The summed E-state index contributed by atoms with van der Waals surface area (Å²) in [7, 11) is 1.63. The fraction of sp³-hybridized carbons (Fsp3) is 0.393. The van der Waals surface area contributed by atoms with Gasteiger partial charge in [-0.3, -0.25) is 14.4 Å². The molecule has 10 nitrogen and oxygen atoms in total. The van der Waals surface area contributed by atoms with E-state index in [0.717, 1.165) is 11.3 Å². The normalized spacial score (nSPS) is 19.8. The molecule has 3 N–H and O–H groups in total. The van der Waals surface area contributed by atoms with Crippen molar-refractivity contribution in [1.82, 2.24) is 15.2 Å². The van der Waals surface area contributed by atoms with E-state index in [4.69, 9.17) is 15.7 Å². The maximum atomic E-state index is 13.8. The van der Waals surface area contributed by atoms with Crippen molar-refractivity contribution in [3.63, 3.8) is 0 Å². The summed E-state index contributed by atoms with van der Waals surface area (Å²) in [6, 6.07) is 17.1. The molecule has 3 amide bonds. The second kappa shape index (κ2) is 10.6. The third kappa shape index (κ3) is 5.53. The van der Waals surface area contributed by atoms with E-state index in [0.29, 0.717) is 30.7 Å². The molecule has 0 aliphatic carbocycles. The molecule has 2 aliphatic rings. The molecule has 0 bridgehead atoms. The number of ether oxygens (including phenoxy) is 1. The highest BCUT2D eigenvalue weighted by Gasteiger charge is 2.54. The second-order valence-electron chi connectivity index (χ2n) is 10.3. The number of nitrogens with zero attached hydrogens (tertiary/aromatic N) is 4. The van der Waals surface area contributed by atoms with Crippen molar-refractivity contribution in [3.05, 3.63) is 65.7 Å². The standard InChI is InChI=1S/C28H32N6O4/c1-27(2,30)25(36)31-22(17-38-21-11-9-20(16-29)10-12-21)24(35)34-14-13-23-28(18-34,26(37)33(3)32-23)15-19-7-5-4-6-8-19/h4-12,22H,13-15,17-18,30H2,1-3H3,(H,31,36). The number of rotatable bonds is 8. The first-order valence-electron chi connectivity index (χ1n) is 12.4. The van der Waals surface area contributed by atoms with Gasteiger partial charge in [-0.05, 0) is 50.1 Å². The summed E-state index contributed by atoms with van der Waals surface area (Å²) < 4.78 is 5.83. The van der Waals surface area contributed by atoms with Crippen LogP contribution in [-0.2, 0) is 20.8 Å². The number of carbonyl (C=O) groups is 3. The van der Waals surface area contributed by atoms with Crippen LogP contribution in [0.4, 0.5) is 0 Å². The lowest BCUT2D eigenvalue weighted by molar-refractivity contribution is -0.143. The van der Waals surface area contributed by atoms with Crippen molar-refractivity contribution in [2.45, 2.75) is 38.3 Å². The SMILES string of the molecule is CN1N=C2CCN(C(=O)C(COc3ccc(C#N)cc3)NC(=O)C(C)(C)N)CC2(Cc2ccccc2)C1=O. The van der Waals surface area contributed by atoms with Gasteiger partial charge in [0.15, 0.2) is 0 Å². The van der Waals surface area contributed by atoms with Gasteiger partial charge in [0.1, 0.15) is 23.8 Å². The molecule has 2 aromatic rings. The van der Waals surface area contributed by atoms with Gasteiger partial charge in [-0.15, -0.1) is 0 Å². The molecule has 0 spiro atoms. The minimum Gasteiger partial charge on any atom is -0.491 e. The Kier molecular flexibility index (Phi) is 7.51. The van der Waals surface area contributed by atoms with Crippen LogP contribution >= 0.6 is 0 Å². The van der Waals surface area contributed by atoms with Gasteiger partial charge in [0.05, 0.1) is 22.9 Å². The predicted octanol–water partition coefficient (Wildman–Crippen LogP) is 1.45. The molecule has 2 aliphatic heterocycles. The molecule has 2 aromatic carbocycles. The van der Waals surface area contributed by atoms with Crippen LogP contribution in [-0.4, -0.2) is 71.7 Å². The highest BCUT2D eigenvalue weighted by atomic mass is 16.5. The number of hydrazone groups is 1. The smallest absolute Gasteiger partial charge is 0.256 e. The summed E-state index contributed by atoms with van der Waals surface area (Å²) in [6.45, 7) is 3.44. The quantitative estimate of drug-likeness (QED) is 0.544. The van der Waals surface area contributed by atoms with Crippen molar-refractivity contribution >= 4 is 23.4 Å². The minimum absolute atomic E-state index is 0.137. The van der Waals surface area contributed by atoms with Crippen LogP contribution in [0.1, 0.15) is 31.4 Å². The first kappa shape index (κ1) is 26.8. The van der Waals surface area contributed by atoms with Gasteiger partial charge < -0.3 is 20.7 Å². The Morgan fingerprint density at radius 3 is 2.53 bits per heavy atom.